The first-order chi connectivity index (χ1) is 12.6. The summed E-state index contributed by atoms with van der Waals surface area (Å²) in [5.74, 6) is -0.638. The van der Waals surface area contributed by atoms with Gasteiger partial charge in [0.15, 0.2) is 10.8 Å². The van der Waals surface area contributed by atoms with Gasteiger partial charge in [-0.05, 0) is 22.8 Å². The van der Waals surface area contributed by atoms with Crippen molar-refractivity contribution in [3.8, 4) is 0 Å². The molecular formula is C19H17ClN4O2. The van der Waals surface area contributed by atoms with E-state index in [1.165, 1.54) is 23.2 Å². The summed E-state index contributed by atoms with van der Waals surface area (Å²) in [7, 11) is 0. The van der Waals surface area contributed by atoms with Crippen molar-refractivity contribution in [2.45, 2.75) is 6.42 Å². The maximum Gasteiger partial charge on any atom is 0.278 e. The number of rotatable bonds is 6. The Morgan fingerprint density at radius 3 is 2.69 bits per heavy atom. The number of amides is 1. The zero-order valence-electron chi connectivity index (χ0n) is 13.9. The van der Waals surface area contributed by atoms with Crippen LogP contribution in [0.15, 0.2) is 54.9 Å². The Morgan fingerprint density at radius 2 is 1.88 bits per heavy atom. The maximum atomic E-state index is 12.0. The van der Waals surface area contributed by atoms with Crippen LogP contribution in [0.1, 0.15) is 16.1 Å². The first-order valence-corrected chi connectivity index (χ1v) is 8.42. The summed E-state index contributed by atoms with van der Waals surface area (Å²) in [6, 6.07) is 14.4. The number of fused-ring (bicyclic) bond motifs is 1. The molecule has 26 heavy (non-hydrogen) atoms. The summed E-state index contributed by atoms with van der Waals surface area (Å²) >= 11 is 5.80. The predicted octanol–water partition coefficient (Wildman–Crippen LogP) is 3.25. The van der Waals surface area contributed by atoms with Crippen LogP contribution in [0.2, 0.25) is 5.15 Å². The molecule has 3 rings (SSSR count). The fraction of sp³-hybridized carbons (Fsp3) is 0.158. The second-order valence-corrected chi connectivity index (χ2v) is 5.97. The van der Waals surface area contributed by atoms with Crippen LogP contribution in [0.4, 0.5) is 0 Å². The van der Waals surface area contributed by atoms with E-state index in [0.717, 1.165) is 12.0 Å². The monoisotopic (exact) mass is 368 g/mol. The molecule has 132 valence electrons. The molecule has 3 aromatic rings. The Hall–Kier alpha value is -2.83. The number of nitrogens with zero attached hydrogens (tertiary/aromatic N) is 2. The molecule has 0 aliphatic carbocycles. The Balaban J connectivity index is 1.44. The molecule has 0 unspecified atom stereocenters. The third kappa shape index (κ3) is 4.62. The number of ether oxygens (including phenoxy) is 1. The molecule has 0 aliphatic heterocycles. The van der Waals surface area contributed by atoms with Gasteiger partial charge in [0.05, 0.1) is 6.61 Å². The van der Waals surface area contributed by atoms with E-state index in [2.05, 4.69) is 45.6 Å². The van der Waals surface area contributed by atoms with Crippen molar-refractivity contribution >= 4 is 34.1 Å². The van der Waals surface area contributed by atoms with Crippen molar-refractivity contribution in [3.05, 3.63) is 71.3 Å². The van der Waals surface area contributed by atoms with E-state index < -0.39 is 5.91 Å². The van der Waals surface area contributed by atoms with Crippen LogP contribution in [-0.4, -0.2) is 34.9 Å². The molecule has 2 N–H and O–H groups in total. The fourth-order valence-electron chi connectivity index (χ4n) is 2.46. The smallest absolute Gasteiger partial charge is 0.278 e. The van der Waals surface area contributed by atoms with E-state index in [-0.39, 0.29) is 23.3 Å². The topological polar surface area (TPSA) is 88.0 Å². The number of carbonyl (C=O) groups is 1. The highest BCUT2D eigenvalue weighted by molar-refractivity contribution is 6.32. The summed E-state index contributed by atoms with van der Waals surface area (Å²) in [5.41, 5.74) is 1.14. The molecule has 2 aromatic carbocycles. The average Bonchev–Trinajstić information content (AvgIpc) is 2.65. The number of amidine groups is 1. The van der Waals surface area contributed by atoms with Gasteiger partial charge in [0, 0.05) is 12.4 Å². The lowest BCUT2D eigenvalue weighted by atomic mass is 10.1. The van der Waals surface area contributed by atoms with Gasteiger partial charge in [-0.1, -0.05) is 54.1 Å². The Morgan fingerprint density at radius 1 is 1.12 bits per heavy atom. The highest BCUT2D eigenvalue weighted by atomic mass is 35.5. The number of hydrogen-bond acceptors (Lipinski definition) is 5. The molecule has 0 saturated carbocycles. The third-order valence-electron chi connectivity index (χ3n) is 3.73. The lowest BCUT2D eigenvalue weighted by Gasteiger charge is -2.08. The zero-order chi connectivity index (χ0) is 18.4. The molecule has 0 atom stereocenters. The molecular weight excluding hydrogens is 352 g/mol. The van der Waals surface area contributed by atoms with Gasteiger partial charge in [0.2, 0.25) is 0 Å². The van der Waals surface area contributed by atoms with Crippen molar-refractivity contribution in [3.63, 3.8) is 0 Å². The highest BCUT2D eigenvalue weighted by Crippen LogP contribution is 2.16. The van der Waals surface area contributed by atoms with Gasteiger partial charge in [0.1, 0.15) is 12.4 Å². The minimum atomic E-state index is -0.578. The molecule has 0 fully saturated rings. The van der Waals surface area contributed by atoms with Crippen molar-refractivity contribution in [1.82, 2.24) is 15.3 Å². The molecule has 1 heterocycles. The number of hydrogen-bond donors (Lipinski definition) is 2. The molecule has 0 aliphatic rings. The van der Waals surface area contributed by atoms with Crippen LogP contribution in [0.3, 0.4) is 0 Å². The van der Waals surface area contributed by atoms with Crippen LogP contribution in [-0.2, 0) is 11.2 Å². The minimum absolute atomic E-state index is 0.00278. The molecule has 0 spiro atoms. The largest absolute Gasteiger partial charge is 0.373 e. The van der Waals surface area contributed by atoms with Crippen molar-refractivity contribution < 1.29 is 9.53 Å². The fourth-order valence-corrected chi connectivity index (χ4v) is 2.66. The van der Waals surface area contributed by atoms with E-state index in [0.29, 0.717) is 6.61 Å². The van der Waals surface area contributed by atoms with Crippen LogP contribution in [0, 0.1) is 5.41 Å². The summed E-state index contributed by atoms with van der Waals surface area (Å²) < 4.78 is 5.47. The van der Waals surface area contributed by atoms with Crippen LogP contribution >= 0.6 is 11.6 Å². The molecule has 0 radical (unpaired) electrons. The number of carbonyl (C=O) groups excluding carboxylic acids is 1. The van der Waals surface area contributed by atoms with Gasteiger partial charge >= 0.3 is 0 Å². The van der Waals surface area contributed by atoms with Gasteiger partial charge in [-0.25, -0.2) is 9.97 Å². The van der Waals surface area contributed by atoms with Gasteiger partial charge in [0.25, 0.3) is 5.91 Å². The number of aromatic nitrogens is 2. The normalized spacial score (nSPS) is 10.7. The van der Waals surface area contributed by atoms with E-state index in [4.69, 9.17) is 21.7 Å². The number of halogens is 1. The summed E-state index contributed by atoms with van der Waals surface area (Å²) in [6.45, 7) is 0.444. The SMILES string of the molecule is N=C(COCCc1ccc2ccccc2c1)NC(=O)c1nccnc1Cl. The van der Waals surface area contributed by atoms with E-state index in [9.17, 15) is 4.79 Å². The van der Waals surface area contributed by atoms with E-state index in [1.807, 2.05) is 12.1 Å². The van der Waals surface area contributed by atoms with Crippen LogP contribution in [0.5, 0.6) is 0 Å². The van der Waals surface area contributed by atoms with Crippen molar-refractivity contribution in [1.29, 1.82) is 5.41 Å². The molecule has 0 saturated heterocycles. The van der Waals surface area contributed by atoms with Crippen molar-refractivity contribution in [2.75, 3.05) is 13.2 Å². The molecule has 6 nitrogen and oxygen atoms in total. The summed E-state index contributed by atoms with van der Waals surface area (Å²) in [5, 5.41) is 12.6. The Labute approximate surface area is 155 Å². The first-order valence-electron chi connectivity index (χ1n) is 8.04. The minimum Gasteiger partial charge on any atom is -0.373 e. The lowest BCUT2D eigenvalue weighted by Crippen LogP contribution is -2.34. The molecule has 1 amide bonds. The second kappa shape index (κ2) is 8.51. The third-order valence-corrected chi connectivity index (χ3v) is 4.01. The van der Waals surface area contributed by atoms with Crippen LogP contribution in [0.25, 0.3) is 10.8 Å². The first kappa shape index (κ1) is 18.0. The zero-order valence-corrected chi connectivity index (χ0v) is 14.7. The van der Waals surface area contributed by atoms with Gasteiger partial charge in [-0.3, -0.25) is 10.2 Å². The Kier molecular flexibility index (Phi) is 5.88. The summed E-state index contributed by atoms with van der Waals surface area (Å²) in [6.07, 6.45) is 3.48. The van der Waals surface area contributed by atoms with Crippen LogP contribution < -0.4 is 5.32 Å². The second-order valence-electron chi connectivity index (χ2n) is 5.61. The molecule has 7 heteroatoms. The van der Waals surface area contributed by atoms with Gasteiger partial charge in [-0.2, -0.15) is 0 Å². The number of nitrogens with one attached hydrogen (secondary N) is 2. The lowest BCUT2D eigenvalue weighted by molar-refractivity contribution is 0.0965. The predicted molar refractivity (Wildman–Crippen MR) is 101 cm³/mol. The quantitative estimate of drug-likeness (QED) is 0.397. The summed E-state index contributed by atoms with van der Waals surface area (Å²) in [4.78, 5) is 19.6. The Bertz CT molecular complexity index is 945. The highest BCUT2D eigenvalue weighted by Gasteiger charge is 2.14. The standard InChI is InChI=1S/C19H17ClN4O2/c20-18-17(22-8-9-23-18)19(25)24-16(21)12-26-10-7-13-5-6-14-3-1-2-4-15(14)11-13/h1-6,8-9,11H,7,10,12H2,(H2,21,24,25). The van der Waals surface area contributed by atoms with E-state index >= 15 is 0 Å². The molecule has 1 aromatic heterocycles. The van der Waals surface area contributed by atoms with Gasteiger partial charge < -0.3 is 10.1 Å². The molecule has 0 bridgehead atoms. The average molecular weight is 369 g/mol. The maximum absolute atomic E-state index is 12.0. The number of benzene rings is 2. The van der Waals surface area contributed by atoms with Gasteiger partial charge in [-0.15, -0.1) is 0 Å². The van der Waals surface area contributed by atoms with E-state index in [1.54, 1.807) is 0 Å². The van der Waals surface area contributed by atoms with Crippen molar-refractivity contribution in [2.24, 2.45) is 0 Å².